The average molecular weight is 159 g/mol. The van der Waals surface area contributed by atoms with Crippen molar-refractivity contribution in [1.29, 1.82) is 0 Å². The second-order valence-electron chi connectivity index (χ2n) is 2.28. The summed E-state index contributed by atoms with van der Waals surface area (Å²) in [7, 11) is 0. The molecule has 0 fully saturated rings. The SMILES string of the molecule is O=C=Nc1nc2ccccc2[nH]1. The lowest BCUT2D eigenvalue weighted by atomic mass is 10.3. The molecule has 58 valence electrons. The van der Waals surface area contributed by atoms with Crippen molar-refractivity contribution < 1.29 is 4.79 Å². The van der Waals surface area contributed by atoms with Crippen LogP contribution < -0.4 is 0 Å². The molecule has 0 saturated carbocycles. The monoisotopic (exact) mass is 159 g/mol. The molecule has 0 unspecified atom stereocenters. The molecule has 4 nitrogen and oxygen atoms in total. The Balaban J connectivity index is 2.69. The van der Waals surface area contributed by atoms with E-state index in [4.69, 9.17) is 0 Å². The zero-order valence-electron chi connectivity index (χ0n) is 6.11. The number of nitrogens with zero attached hydrogens (tertiary/aromatic N) is 2. The number of imidazole rings is 1. The number of rotatable bonds is 1. The lowest BCUT2D eigenvalue weighted by Crippen LogP contribution is -1.63. The summed E-state index contributed by atoms with van der Waals surface area (Å²) < 4.78 is 0. The lowest BCUT2D eigenvalue weighted by Gasteiger charge is -1.81. The Kier molecular flexibility index (Phi) is 1.47. The van der Waals surface area contributed by atoms with E-state index in [0.29, 0.717) is 5.95 Å². The van der Waals surface area contributed by atoms with Gasteiger partial charge in [0.1, 0.15) is 0 Å². The van der Waals surface area contributed by atoms with Crippen molar-refractivity contribution >= 4 is 23.1 Å². The van der Waals surface area contributed by atoms with Crippen LogP contribution >= 0.6 is 0 Å². The first kappa shape index (κ1) is 6.76. The molecule has 0 bridgehead atoms. The van der Waals surface area contributed by atoms with Crippen molar-refractivity contribution in [2.75, 3.05) is 0 Å². The Hall–Kier alpha value is -1.93. The summed E-state index contributed by atoms with van der Waals surface area (Å²) in [5, 5.41) is 0. The molecule has 0 spiro atoms. The third kappa shape index (κ3) is 1.00. The highest BCUT2D eigenvalue weighted by atomic mass is 16.1. The normalized spacial score (nSPS) is 9.67. The summed E-state index contributed by atoms with van der Waals surface area (Å²) in [6.45, 7) is 0. The number of carbonyl (C=O) groups excluding carboxylic acids is 1. The number of fused-ring (bicyclic) bond motifs is 1. The summed E-state index contributed by atoms with van der Waals surface area (Å²) in [5.74, 6) is 0.297. The van der Waals surface area contributed by atoms with Crippen LogP contribution in [0.15, 0.2) is 29.3 Å². The van der Waals surface area contributed by atoms with Crippen LogP contribution in [0.5, 0.6) is 0 Å². The molecule has 0 radical (unpaired) electrons. The van der Waals surface area contributed by atoms with Crippen molar-refractivity contribution in [2.24, 2.45) is 4.99 Å². The summed E-state index contributed by atoms with van der Waals surface area (Å²) in [6, 6.07) is 7.47. The quantitative estimate of drug-likeness (QED) is 0.506. The third-order valence-electron chi connectivity index (χ3n) is 1.53. The van der Waals surface area contributed by atoms with Crippen LogP contribution in [0.4, 0.5) is 5.95 Å². The van der Waals surface area contributed by atoms with Gasteiger partial charge in [-0.3, -0.25) is 0 Å². The summed E-state index contributed by atoms with van der Waals surface area (Å²) in [6.07, 6.45) is 1.43. The van der Waals surface area contributed by atoms with Crippen LogP contribution in [0.2, 0.25) is 0 Å². The molecule has 1 aromatic carbocycles. The molecule has 0 atom stereocenters. The van der Waals surface area contributed by atoms with Gasteiger partial charge in [-0.1, -0.05) is 12.1 Å². The van der Waals surface area contributed by atoms with Crippen molar-refractivity contribution in [2.45, 2.75) is 0 Å². The minimum absolute atomic E-state index is 0.297. The highest BCUT2D eigenvalue weighted by molar-refractivity contribution is 5.76. The maximum absolute atomic E-state index is 9.90. The number of nitrogens with one attached hydrogen (secondary N) is 1. The summed E-state index contributed by atoms with van der Waals surface area (Å²) in [4.78, 5) is 20.1. The topological polar surface area (TPSA) is 58.1 Å². The van der Waals surface area contributed by atoms with Crippen LogP contribution in [0.25, 0.3) is 11.0 Å². The second-order valence-corrected chi connectivity index (χ2v) is 2.28. The third-order valence-corrected chi connectivity index (χ3v) is 1.53. The predicted molar refractivity (Wildman–Crippen MR) is 43.9 cm³/mol. The molecule has 2 aromatic rings. The molecule has 0 aliphatic rings. The first-order valence-corrected chi connectivity index (χ1v) is 3.43. The molecule has 0 saturated heterocycles. The Labute approximate surface area is 68.0 Å². The number of hydrogen-bond acceptors (Lipinski definition) is 3. The number of hydrogen-bond donors (Lipinski definition) is 1. The standard InChI is InChI=1S/C8H5N3O/c12-5-9-8-10-6-3-1-2-4-7(6)11-8/h1-4H,(H,10,11). The molecule has 4 heteroatoms. The van der Waals surface area contributed by atoms with Gasteiger partial charge in [0.2, 0.25) is 12.0 Å². The summed E-state index contributed by atoms with van der Waals surface area (Å²) >= 11 is 0. The molecule has 1 N–H and O–H groups in total. The van der Waals surface area contributed by atoms with Gasteiger partial charge < -0.3 is 4.98 Å². The van der Waals surface area contributed by atoms with E-state index in [2.05, 4.69) is 15.0 Å². The van der Waals surface area contributed by atoms with E-state index in [1.54, 1.807) is 0 Å². The smallest absolute Gasteiger partial charge is 0.243 e. The Morgan fingerprint density at radius 1 is 1.42 bits per heavy atom. The fraction of sp³-hybridized carbons (Fsp3) is 0. The van der Waals surface area contributed by atoms with E-state index in [-0.39, 0.29) is 0 Å². The zero-order chi connectivity index (χ0) is 8.39. The van der Waals surface area contributed by atoms with E-state index < -0.39 is 0 Å². The second kappa shape index (κ2) is 2.60. The van der Waals surface area contributed by atoms with Gasteiger partial charge in [-0.25, -0.2) is 9.78 Å². The predicted octanol–water partition coefficient (Wildman–Crippen LogP) is 1.53. The van der Waals surface area contributed by atoms with Gasteiger partial charge in [-0.2, -0.15) is 0 Å². The number of aromatic amines is 1. The van der Waals surface area contributed by atoms with Crippen LogP contribution in [-0.4, -0.2) is 16.0 Å². The Morgan fingerprint density at radius 3 is 3.00 bits per heavy atom. The lowest BCUT2D eigenvalue weighted by molar-refractivity contribution is 0.565. The molecule has 2 rings (SSSR count). The molecule has 0 aliphatic carbocycles. The number of para-hydroxylation sites is 2. The van der Waals surface area contributed by atoms with Crippen LogP contribution in [0.3, 0.4) is 0 Å². The van der Waals surface area contributed by atoms with E-state index >= 15 is 0 Å². The number of benzene rings is 1. The van der Waals surface area contributed by atoms with E-state index in [1.807, 2.05) is 24.3 Å². The van der Waals surface area contributed by atoms with Crippen LogP contribution in [0.1, 0.15) is 0 Å². The van der Waals surface area contributed by atoms with Crippen LogP contribution in [0, 0.1) is 0 Å². The molecular formula is C8H5N3O. The highest BCUT2D eigenvalue weighted by Gasteiger charge is 1.97. The highest BCUT2D eigenvalue weighted by Crippen LogP contribution is 2.14. The Bertz CT molecular complexity index is 421. The molecule has 0 aliphatic heterocycles. The molecule has 1 heterocycles. The zero-order valence-corrected chi connectivity index (χ0v) is 6.11. The first-order valence-electron chi connectivity index (χ1n) is 3.43. The van der Waals surface area contributed by atoms with E-state index in [1.165, 1.54) is 6.08 Å². The number of aromatic nitrogens is 2. The van der Waals surface area contributed by atoms with Crippen molar-refractivity contribution in [3.63, 3.8) is 0 Å². The van der Waals surface area contributed by atoms with Gasteiger partial charge in [0.15, 0.2) is 0 Å². The molecule has 1 aromatic heterocycles. The average Bonchev–Trinajstić information content (AvgIpc) is 2.47. The van der Waals surface area contributed by atoms with Gasteiger partial charge in [0.05, 0.1) is 11.0 Å². The first-order chi connectivity index (χ1) is 5.90. The molecular weight excluding hydrogens is 154 g/mol. The van der Waals surface area contributed by atoms with E-state index in [0.717, 1.165) is 11.0 Å². The summed E-state index contributed by atoms with van der Waals surface area (Å²) in [5.41, 5.74) is 1.66. The van der Waals surface area contributed by atoms with Gasteiger partial charge in [0, 0.05) is 0 Å². The Morgan fingerprint density at radius 2 is 2.25 bits per heavy atom. The van der Waals surface area contributed by atoms with Crippen LogP contribution in [-0.2, 0) is 4.79 Å². The van der Waals surface area contributed by atoms with Gasteiger partial charge in [0.25, 0.3) is 0 Å². The minimum Gasteiger partial charge on any atom is -0.322 e. The van der Waals surface area contributed by atoms with Crippen molar-refractivity contribution in [3.8, 4) is 0 Å². The fourth-order valence-electron chi connectivity index (χ4n) is 1.04. The van der Waals surface area contributed by atoms with Gasteiger partial charge in [-0.15, -0.1) is 4.99 Å². The molecule has 0 amide bonds. The van der Waals surface area contributed by atoms with E-state index in [9.17, 15) is 4.79 Å². The van der Waals surface area contributed by atoms with Gasteiger partial charge >= 0.3 is 0 Å². The maximum Gasteiger partial charge on any atom is 0.243 e. The number of isocyanates is 1. The maximum atomic E-state index is 9.90. The minimum atomic E-state index is 0.297. The fourth-order valence-corrected chi connectivity index (χ4v) is 1.04. The molecule has 12 heavy (non-hydrogen) atoms. The number of H-pyrrole nitrogens is 1. The number of aliphatic imine (C=N–C) groups is 1. The largest absolute Gasteiger partial charge is 0.322 e. The van der Waals surface area contributed by atoms with Crippen molar-refractivity contribution in [3.05, 3.63) is 24.3 Å². The van der Waals surface area contributed by atoms with Crippen molar-refractivity contribution in [1.82, 2.24) is 9.97 Å². The van der Waals surface area contributed by atoms with Gasteiger partial charge in [-0.05, 0) is 12.1 Å².